The maximum atomic E-state index is 13.8. The van der Waals surface area contributed by atoms with Gasteiger partial charge in [-0.2, -0.15) is 0 Å². The molecule has 1 aromatic carbocycles. The first kappa shape index (κ1) is 28.3. The first-order valence-corrected chi connectivity index (χ1v) is 12.4. The van der Waals surface area contributed by atoms with E-state index in [0.29, 0.717) is 36.1 Å². The lowest BCUT2D eigenvalue weighted by Crippen LogP contribution is -2.53. The van der Waals surface area contributed by atoms with Gasteiger partial charge in [-0.05, 0) is 37.0 Å². The first-order chi connectivity index (χ1) is 18.1. The molecule has 1 aliphatic carbocycles. The fourth-order valence-electron chi connectivity index (χ4n) is 4.36. The zero-order chi connectivity index (χ0) is 27.8. The zero-order valence-corrected chi connectivity index (χ0v) is 21.4. The highest BCUT2D eigenvalue weighted by molar-refractivity contribution is 5.99. The summed E-state index contributed by atoms with van der Waals surface area (Å²) in [5.74, 6) is -3.28. The topological polar surface area (TPSA) is 153 Å². The maximum Gasteiger partial charge on any atom is 0.305 e. The van der Waals surface area contributed by atoms with Gasteiger partial charge in [0.2, 0.25) is 11.8 Å². The minimum atomic E-state index is -1.27. The molecule has 3 rings (SSSR count). The van der Waals surface area contributed by atoms with Crippen LogP contribution in [0, 0.1) is 5.92 Å². The van der Waals surface area contributed by atoms with Gasteiger partial charge in [0.25, 0.3) is 11.8 Å². The summed E-state index contributed by atoms with van der Waals surface area (Å²) >= 11 is 0. The van der Waals surface area contributed by atoms with E-state index >= 15 is 0 Å². The minimum Gasteiger partial charge on any atom is -0.481 e. The molecule has 11 heteroatoms. The van der Waals surface area contributed by atoms with E-state index in [1.54, 1.807) is 36.4 Å². The van der Waals surface area contributed by atoms with Crippen molar-refractivity contribution in [2.75, 3.05) is 13.1 Å². The normalized spacial score (nSPS) is 18.0. The second kappa shape index (κ2) is 12.8. The molecule has 11 nitrogen and oxygen atoms in total. The summed E-state index contributed by atoms with van der Waals surface area (Å²) in [6, 6.07) is 5.89. The predicted molar refractivity (Wildman–Crippen MR) is 136 cm³/mol. The number of amides is 4. The van der Waals surface area contributed by atoms with E-state index in [-0.39, 0.29) is 24.8 Å². The summed E-state index contributed by atoms with van der Waals surface area (Å²) in [5.41, 5.74) is 1.24. The SMILES string of the molecule is CC(C)CC(=O)N1C[C@H](NC(=O)c2ccccc2)C(=O)N(CC(=O)N[C@H](C=O)CC(=O)O)C2=C1C=CCC2. The Morgan fingerprint density at radius 3 is 2.47 bits per heavy atom. The lowest BCUT2D eigenvalue weighted by molar-refractivity contribution is -0.140. The van der Waals surface area contributed by atoms with Crippen molar-refractivity contribution in [1.82, 2.24) is 20.4 Å². The summed E-state index contributed by atoms with van der Waals surface area (Å²) in [7, 11) is 0. The van der Waals surface area contributed by atoms with Gasteiger partial charge in [0.1, 0.15) is 18.9 Å². The van der Waals surface area contributed by atoms with E-state index in [2.05, 4.69) is 10.6 Å². The van der Waals surface area contributed by atoms with Crippen LogP contribution in [0.3, 0.4) is 0 Å². The Morgan fingerprint density at radius 1 is 1.13 bits per heavy atom. The van der Waals surface area contributed by atoms with Gasteiger partial charge < -0.3 is 30.3 Å². The Morgan fingerprint density at radius 2 is 1.84 bits per heavy atom. The van der Waals surface area contributed by atoms with E-state index < -0.39 is 48.7 Å². The van der Waals surface area contributed by atoms with Crippen molar-refractivity contribution in [2.24, 2.45) is 5.92 Å². The van der Waals surface area contributed by atoms with Crippen molar-refractivity contribution in [3.63, 3.8) is 0 Å². The molecule has 202 valence electrons. The highest BCUT2D eigenvalue weighted by Crippen LogP contribution is 2.30. The molecule has 0 radical (unpaired) electrons. The van der Waals surface area contributed by atoms with Crippen molar-refractivity contribution in [3.05, 3.63) is 59.4 Å². The summed E-state index contributed by atoms with van der Waals surface area (Å²) < 4.78 is 0. The zero-order valence-electron chi connectivity index (χ0n) is 21.4. The van der Waals surface area contributed by atoms with Gasteiger partial charge in [0, 0.05) is 17.7 Å². The number of carbonyl (C=O) groups excluding carboxylic acids is 5. The van der Waals surface area contributed by atoms with Crippen LogP contribution in [0.5, 0.6) is 0 Å². The highest BCUT2D eigenvalue weighted by atomic mass is 16.4. The van der Waals surface area contributed by atoms with Crippen molar-refractivity contribution >= 4 is 35.9 Å². The second-order valence-corrected chi connectivity index (χ2v) is 9.60. The molecule has 2 atom stereocenters. The Bertz CT molecular complexity index is 1160. The monoisotopic (exact) mass is 524 g/mol. The molecule has 4 amide bonds. The van der Waals surface area contributed by atoms with Crippen LogP contribution in [0.1, 0.15) is 49.9 Å². The molecule has 0 saturated heterocycles. The van der Waals surface area contributed by atoms with Crippen LogP contribution in [-0.2, 0) is 24.0 Å². The van der Waals surface area contributed by atoms with Crippen LogP contribution in [0.4, 0.5) is 0 Å². The Labute approximate surface area is 220 Å². The van der Waals surface area contributed by atoms with Crippen LogP contribution < -0.4 is 10.6 Å². The molecule has 0 unspecified atom stereocenters. The average Bonchev–Trinajstić information content (AvgIpc) is 2.98. The second-order valence-electron chi connectivity index (χ2n) is 9.60. The number of allylic oxidation sites excluding steroid dienone is 3. The fraction of sp³-hybridized carbons (Fsp3) is 0.407. The number of carboxylic acids is 1. The molecule has 1 heterocycles. The van der Waals surface area contributed by atoms with Crippen LogP contribution in [0.15, 0.2) is 53.9 Å². The number of hydrogen-bond acceptors (Lipinski definition) is 6. The number of aldehydes is 1. The summed E-state index contributed by atoms with van der Waals surface area (Å²) in [4.78, 5) is 77.8. The van der Waals surface area contributed by atoms with Gasteiger partial charge in [-0.3, -0.25) is 24.0 Å². The number of rotatable bonds is 10. The molecule has 0 bridgehead atoms. The van der Waals surface area contributed by atoms with Gasteiger partial charge in [0.05, 0.1) is 24.7 Å². The molecule has 2 aliphatic rings. The largest absolute Gasteiger partial charge is 0.481 e. The standard InChI is InChI=1S/C27H32N4O7/c1-17(2)12-24(34)30-14-20(29-26(37)18-8-4-3-5-9-18)27(38)31(22-11-7-6-10-21(22)30)15-23(33)28-19(16-32)13-25(35)36/h3-6,8-10,16-17,19-20H,7,11-15H2,1-2H3,(H,28,33)(H,29,37)(H,35,36)/t19-,20-/m0/s1. The highest BCUT2D eigenvalue weighted by Gasteiger charge is 2.39. The number of benzene rings is 1. The molecular weight excluding hydrogens is 492 g/mol. The van der Waals surface area contributed by atoms with Gasteiger partial charge >= 0.3 is 5.97 Å². The number of nitrogens with zero attached hydrogens (tertiary/aromatic N) is 2. The number of hydrogen-bond donors (Lipinski definition) is 3. The Hall–Kier alpha value is -4.28. The summed E-state index contributed by atoms with van der Waals surface area (Å²) in [5, 5.41) is 14.0. The average molecular weight is 525 g/mol. The van der Waals surface area contributed by atoms with E-state index in [0.717, 1.165) is 0 Å². The van der Waals surface area contributed by atoms with E-state index in [9.17, 15) is 28.8 Å². The smallest absolute Gasteiger partial charge is 0.305 e. The van der Waals surface area contributed by atoms with E-state index in [1.165, 1.54) is 9.80 Å². The molecule has 0 spiro atoms. The molecule has 1 aliphatic heterocycles. The van der Waals surface area contributed by atoms with E-state index in [1.807, 2.05) is 19.9 Å². The quantitative estimate of drug-likeness (QED) is 0.389. The van der Waals surface area contributed by atoms with Crippen LogP contribution >= 0.6 is 0 Å². The maximum absolute atomic E-state index is 13.8. The summed E-state index contributed by atoms with van der Waals surface area (Å²) in [6.07, 6.45) is 4.46. The lowest BCUT2D eigenvalue weighted by Gasteiger charge is -2.29. The van der Waals surface area contributed by atoms with Crippen LogP contribution in [0.25, 0.3) is 0 Å². The Balaban J connectivity index is 1.97. The van der Waals surface area contributed by atoms with Crippen LogP contribution in [0.2, 0.25) is 0 Å². The molecule has 0 fully saturated rings. The van der Waals surface area contributed by atoms with Gasteiger partial charge in [-0.25, -0.2) is 0 Å². The van der Waals surface area contributed by atoms with Gasteiger partial charge in [-0.1, -0.05) is 38.1 Å². The van der Waals surface area contributed by atoms with Crippen molar-refractivity contribution in [1.29, 1.82) is 0 Å². The molecular formula is C27H32N4O7. The molecule has 0 aromatic heterocycles. The first-order valence-electron chi connectivity index (χ1n) is 12.4. The third kappa shape index (κ3) is 7.15. The van der Waals surface area contributed by atoms with Crippen molar-refractivity contribution in [3.8, 4) is 0 Å². The third-order valence-electron chi connectivity index (χ3n) is 6.10. The lowest BCUT2D eigenvalue weighted by atomic mass is 10.0. The number of nitrogens with one attached hydrogen (secondary N) is 2. The number of carboxylic acid groups (broad SMARTS) is 1. The third-order valence-corrected chi connectivity index (χ3v) is 6.10. The molecule has 0 saturated carbocycles. The summed E-state index contributed by atoms with van der Waals surface area (Å²) in [6.45, 7) is 3.16. The number of carbonyl (C=O) groups is 6. The predicted octanol–water partition coefficient (Wildman–Crippen LogP) is 1.22. The van der Waals surface area contributed by atoms with Gasteiger partial charge in [0.15, 0.2) is 0 Å². The Kier molecular flexibility index (Phi) is 9.53. The molecule has 38 heavy (non-hydrogen) atoms. The van der Waals surface area contributed by atoms with Crippen molar-refractivity contribution in [2.45, 2.75) is 51.6 Å². The molecule has 3 N–H and O–H groups in total. The van der Waals surface area contributed by atoms with Crippen LogP contribution in [-0.4, -0.2) is 76.0 Å². The fourth-order valence-corrected chi connectivity index (χ4v) is 4.36. The number of aliphatic carboxylic acids is 1. The van der Waals surface area contributed by atoms with Crippen molar-refractivity contribution < 1.29 is 33.9 Å². The van der Waals surface area contributed by atoms with E-state index in [4.69, 9.17) is 5.11 Å². The van der Waals surface area contributed by atoms with Gasteiger partial charge in [-0.15, -0.1) is 0 Å². The minimum absolute atomic E-state index is 0.0480. The molecule has 1 aromatic rings.